The first-order chi connectivity index (χ1) is 9.66. The highest BCUT2D eigenvalue weighted by molar-refractivity contribution is 6.67. The highest BCUT2D eigenvalue weighted by Crippen LogP contribution is 2.21. The molecule has 2 aromatic rings. The quantitative estimate of drug-likeness (QED) is 0.745. The highest BCUT2D eigenvalue weighted by atomic mass is 28.2. The molecule has 2 aromatic carbocycles. The van der Waals surface area contributed by atoms with Gasteiger partial charge in [-0.2, -0.15) is 0 Å². The van der Waals surface area contributed by atoms with Crippen LogP contribution in [0, 0.1) is 0 Å². The first-order valence-corrected chi connectivity index (χ1v) is 9.26. The van der Waals surface area contributed by atoms with Gasteiger partial charge in [0.15, 0.2) is 0 Å². The summed E-state index contributed by atoms with van der Waals surface area (Å²) in [5.74, 6) is 0. The molecule has 0 unspecified atom stereocenters. The summed E-state index contributed by atoms with van der Waals surface area (Å²) in [6, 6.07) is 18.5. The molecule has 0 aliphatic heterocycles. The normalized spacial score (nSPS) is 12.5. The van der Waals surface area contributed by atoms with Crippen LogP contribution < -0.4 is 10.4 Å². The van der Waals surface area contributed by atoms with Crippen molar-refractivity contribution in [2.45, 2.75) is 52.4 Å². The molecule has 0 atom stereocenters. The van der Waals surface area contributed by atoms with Gasteiger partial charge in [-0.25, -0.2) is 0 Å². The molecule has 0 spiro atoms. The van der Waals surface area contributed by atoms with E-state index in [9.17, 15) is 0 Å². The summed E-state index contributed by atoms with van der Waals surface area (Å²) in [6.07, 6.45) is 0. The van der Waals surface area contributed by atoms with Gasteiger partial charge in [0.25, 0.3) is 0 Å². The third-order valence-corrected chi connectivity index (χ3v) is 5.81. The van der Waals surface area contributed by atoms with Crippen molar-refractivity contribution < 1.29 is 0 Å². The molecule has 112 valence electrons. The second kappa shape index (κ2) is 5.80. The van der Waals surface area contributed by atoms with Crippen molar-refractivity contribution in [3.63, 3.8) is 0 Å². The Morgan fingerprint density at radius 2 is 0.810 bits per heavy atom. The Bertz CT molecular complexity index is 522. The molecule has 0 nitrogen and oxygen atoms in total. The van der Waals surface area contributed by atoms with Crippen molar-refractivity contribution in [3.8, 4) is 0 Å². The second-order valence-electron chi connectivity index (χ2n) is 8.07. The fourth-order valence-corrected chi connectivity index (χ4v) is 3.90. The molecule has 0 aromatic heterocycles. The molecule has 0 fully saturated rings. The Labute approximate surface area is 132 Å². The van der Waals surface area contributed by atoms with Crippen LogP contribution in [0.4, 0.5) is 0 Å². The van der Waals surface area contributed by atoms with Crippen LogP contribution >= 0.6 is 0 Å². The first kappa shape index (κ1) is 16.0. The third kappa shape index (κ3) is 4.31. The maximum Gasteiger partial charge on any atom is 0.0875 e. The maximum absolute atomic E-state index is 2.32. The van der Waals surface area contributed by atoms with E-state index in [0.717, 1.165) is 0 Å². The van der Waals surface area contributed by atoms with E-state index in [-0.39, 0.29) is 20.3 Å². The van der Waals surface area contributed by atoms with E-state index in [1.165, 1.54) is 21.5 Å². The lowest BCUT2D eigenvalue weighted by Crippen LogP contribution is -2.27. The molecule has 0 aliphatic carbocycles. The zero-order valence-electron chi connectivity index (χ0n) is 14.3. The largest absolute Gasteiger partial charge is 0.0875 e. The molecular formula is C20H28Si. The first-order valence-electron chi connectivity index (χ1n) is 7.85. The Morgan fingerprint density at radius 1 is 0.524 bits per heavy atom. The molecule has 0 bridgehead atoms. The molecule has 0 heterocycles. The van der Waals surface area contributed by atoms with Crippen molar-refractivity contribution in [1.29, 1.82) is 0 Å². The van der Waals surface area contributed by atoms with Gasteiger partial charge in [-0.3, -0.25) is 0 Å². The van der Waals surface area contributed by atoms with E-state index in [0.29, 0.717) is 0 Å². The SMILES string of the molecule is CC(C)(C)c1ccc([SiH2]c2ccc(C(C)(C)C)cc2)cc1. The van der Waals surface area contributed by atoms with E-state index in [1.807, 2.05) is 0 Å². The van der Waals surface area contributed by atoms with Crippen molar-refractivity contribution >= 4 is 19.9 Å². The van der Waals surface area contributed by atoms with Gasteiger partial charge in [0, 0.05) is 0 Å². The van der Waals surface area contributed by atoms with Crippen LogP contribution in [0.25, 0.3) is 0 Å². The van der Waals surface area contributed by atoms with Crippen LogP contribution in [-0.4, -0.2) is 9.52 Å². The van der Waals surface area contributed by atoms with Gasteiger partial charge in [-0.15, -0.1) is 0 Å². The number of hydrogen-bond donors (Lipinski definition) is 0. The van der Waals surface area contributed by atoms with Crippen LogP contribution in [0.15, 0.2) is 48.5 Å². The zero-order chi connectivity index (χ0) is 15.7. The molecule has 0 N–H and O–H groups in total. The van der Waals surface area contributed by atoms with Crippen LogP contribution in [-0.2, 0) is 10.8 Å². The van der Waals surface area contributed by atoms with Crippen molar-refractivity contribution in [3.05, 3.63) is 59.7 Å². The minimum absolute atomic E-state index is 0.244. The topological polar surface area (TPSA) is 0 Å². The lowest BCUT2D eigenvalue weighted by atomic mass is 9.87. The van der Waals surface area contributed by atoms with Crippen LogP contribution in [0.3, 0.4) is 0 Å². The average molecular weight is 297 g/mol. The van der Waals surface area contributed by atoms with E-state index < -0.39 is 0 Å². The Morgan fingerprint density at radius 3 is 1.05 bits per heavy atom. The lowest BCUT2D eigenvalue weighted by molar-refractivity contribution is 0.590. The zero-order valence-corrected chi connectivity index (χ0v) is 15.7. The van der Waals surface area contributed by atoms with Crippen molar-refractivity contribution in [2.75, 3.05) is 0 Å². The van der Waals surface area contributed by atoms with Crippen LogP contribution in [0.1, 0.15) is 52.7 Å². The molecule has 0 aliphatic rings. The van der Waals surface area contributed by atoms with E-state index in [1.54, 1.807) is 0 Å². The number of hydrogen-bond acceptors (Lipinski definition) is 0. The fraction of sp³-hybridized carbons (Fsp3) is 0.400. The van der Waals surface area contributed by atoms with Crippen LogP contribution in [0.2, 0.25) is 0 Å². The summed E-state index contributed by atoms with van der Waals surface area (Å²) >= 11 is 0. The molecule has 0 amide bonds. The van der Waals surface area contributed by atoms with E-state index in [4.69, 9.17) is 0 Å². The smallest absolute Gasteiger partial charge is 0.0630 e. The molecular weight excluding hydrogens is 268 g/mol. The van der Waals surface area contributed by atoms with Crippen molar-refractivity contribution in [2.24, 2.45) is 0 Å². The Hall–Kier alpha value is -1.34. The number of rotatable bonds is 2. The van der Waals surface area contributed by atoms with E-state index >= 15 is 0 Å². The van der Waals surface area contributed by atoms with Gasteiger partial charge in [-0.05, 0) is 22.0 Å². The summed E-state index contributed by atoms with van der Waals surface area (Å²) in [6.45, 7) is 13.6. The van der Waals surface area contributed by atoms with E-state index in [2.05, 4.69) is 90.1 Å². The molecule has 21 heavy (non-hydrogen) atoms. The van der Waals surface area contributed by atoms with Gasteiger partial charge < -0.3 is 0 Å². The maximum atomic E-state index is 2.32. The second-order valence-corrected chi connectivity index (χ2v) is 10.1. The average Bonchev–Trinajstić information content (AvgIpc) is 2.38. The van der Waals surface area contributed by atoms with Gasteiger partial charge in [0.2, 0.25) is 0 Å². The van der Waals surface area contributed by atoms with Gasteiger partial charge in [0.05, 0.1) is 9.52 Å². The lowest BCUT2D eigenvalue weighted by Gasteiger charge is -2.20. The predicted molar refractivity (Wildman–Crippen MR) is 98.1 cm³/mol. The summed E-state index contributed by atoms with van der Waals surface area (Å²) in [5.41, 5.74) is 3.33. The molecule has 0 saturated heterocycles. The predicted octanol–water partition coefficient (Wildman–Crippen LogP) is 3.40. The number of benzene rings is 2. The summed E-state index contributed by atoms with van der Waals surface area (Å²) in [7, 11) is -0.354. The summed E-state index contributed by atoms with van der Waals surface area (Å²) in [5, 5.41) is 3.04. The summed E-state index contributed by atoms with van der Waals surface area (Å²) in [4.78, 5) is 0. The Kier molecular flexibility index (Phi) is 4.43. The standard InChI is InChI=1S/C20H28Si/c1-19(2,3)15-7-11-17(12-8-15)21-18-13-9-16(10-14-18)20(4,5)6/h7-14H,21H2,1-6H3. The fourth-order valence-electron chi connectivity index (χ4n) is 2.48. The third-order valence-electron chi connectivity index (χ3n) is 4.05. The van der Waals surface area contributed by atoms with Crippen LogP contribution in [0.5, 0.6) is 0 Å². The Balaban J connectivity index is 2.12. The molecule has 1 heteroatoms. The van der Waals surface area contributed by atoms with Gasteiger partial charge >= 0.3 is 0 Å². The van der Waals surface area contributed by atoms with Crippen molar-refractivity contribution in [1.82, 2.24) is 0 Å². The molecule has 0 saturated carbocycles. The molecule has 2 rings (SSSR count). The summed E-state index contributed by atoms with van der Waals surface area (Å²) < 4.78 is 0. The monoisotopic (exact) mass is 296 g/mol. The highest BCUT2D eigenvalue weighted by Gasteiger charge is 2.14. The molecule has 0 radical (unpaired) electrons. The van der Waals surface area contributed by atoms with Gasteiger partial charge in [-0.1, -0.05) is 100 Å². The minimum atomic E-state index is -0.354. The van der Waals surface area contributed by atoms with Gasteiger partial charge in [0.1, 0.15) is 0 Å². The minimum Gasteiger partial charge on any atom is -0.0630 e.